The van der Waals surface area contributed by atoms with Gasteiger partial charge in [0.05, 0.1) is 6.61 Å². The van der Waals surface area contributed by atoms with Gasteiger partial charge in [0.15, 0.2) is 0 Å². The number of carbonyl (C=O) groups excluding carboxylic acids is 1. The number of amides is 1. The molecule has 0 saturated carbocycles. The molecule has 92 valence electrons. The molecule has 0 unspecified atom stereocenters. The molecule has 0 saturated heterocycles. The Bertz CT molecular complexity index is 364. The summed E-state index contributed by atoms with van der Waals surface area (Å²) >= 11 is 0. The molecule has 1 aromatic carbocycles. The lowest BCUT2D eigenvalue weighted by Crippen LogP contribution is -2.32. The van der Waals surface area contributed by atoms with Crippen molar-refractivity contribution in [2.45, 2.75) is 6.42 Å². The van der Waals surface area contributed by atoms with Gasteiger partial charge >= 0.3 is 5.97 Å². The third-order valence-electron chi connectivity index (χ3n) is 2.05. The SMILES string of the molecule is O=C(O)CNC(=O)COCCc1ccccc1. The van der Waals surface area contributed by atoms with Gasteiger partial charge < -0.3 is 15.2 Å². The van der Waals surface area contributed by atoms with E-state index in [9.17, 15) is 9.59 Å². The van der Waals surface area contributed by atoms with Crippen LogP contribution in [-0.4, -0.2) is 36.7 Å². The number of carbonyl (C=O) groups is 2. The van der Waals surface area contributed by atoms with Crippen molar-refractivity contribution in [1.82, 2.24) is 5.32 Å². The standard InChI is InChI=1S/C12H15NO4/c14-11(13-8-12(15)16)9-17-7-6-10-4-2-1-3-5-10/h1-5H,6-9H2,(H,13,14)(H,15,16). The highest BCUT2D eigenvalue weighted by Crippen LogP contribution is 1.99. The van der Waals surface area contributed by atoms with Crippen LogP contribution in [0.15, 0.2) is 30.3 Å². The number of hydrogen-bond acceptors (Lipinski definition) is 3. The van der Waals surface area contributed by atoms with Crippen LogP contribution < -0.4 is 5.32 Å². The van der Waals surface area contributed by atoms with Crippen molar-refractivity contribution in [2.24, 2.45) is 0 Å². The molecule has 0 aliphatic rings. The van der Waals surface area contributed by atoms with Crippen LogP contribution in [0, 0.1) is 0 Å². The van der Waals surface area contributed by atoms with E-state index in [-0.39, 0.29) is 13.2 Å². The minimum absolute atomic E-state index is 0.111. The van der Waals surface area contributed by atoms with E-state index in [0.717, 1.165) is 12.0 Å². The maximum absolute atomic E-state index is 11.1. The lowest BCUT2D eigenvalue weighted by Gasteiger charge is -2.04. The molecule has 0 bridgehead atoms. The van der Waals surface area contributed by atoms with Crippen LogP contribution in [0.2, 0.25) is 0 Å². The lowest BCUT2D eigenvalue weighted by molar-refractivity contribution is -0.138. The number of hydrogen-bond donors (Lipinski definition) is 2. The molecule has 0 aromatic heterocycles. The number of benzene rings is 1. The molecule has 0 radical (unpaired) electrons. The average molecular weight is 237 g/mol. The van der Waals surface area contributed by atoms with Crippen LogP contribution >= 0.6 is 0 Å². The number of carboxylic acid groups (broad SMARTS) is 1. The van der Waals surface area contributed by atoms with E-state index in [0.29, 0.717) is 6.61 Å². The summed E-state index contributed by atoms with van der Waals surface area (Å²) in [4.78, 5) is 21.2. The number of carboxylic acids is 1. The lowest BCUT2D eigenvalue weighted by atomic mass is 10.2. The average Bonchev–Trinajstić information content (AvgIpc) is 2.33. The first kappa shape index (κ1) is 13.2. The molecular weight excluding hydrogens is 222 g/mol. The fraction of sp³-hybridized carbons (Fsp3) is 0.333. The minimum Gasteiger partial charge on any atom is -0.480 e. The summed E-state index contributed by atoms with van der Waals surface area (Å²) in [5.41, 5.74) is 1.14. The molecular formula is C12H15NO4. The highest BCUT2D eigenvalue weighted by molar-refractivity contribution is 5.81. The zero-order valence-electron chi connectivity index (χ0n) is 9.39. The largest absolute Gasteiger partial charge is 0.480 e. The molecule has 5 heteroatoms. The van der Waals surface area contributed by atoms with Crippen molar-refractivity contribution < 1.29 is 19.4 Å². The van der Waals surface area contributed by atoms with E-state index in [1.54, 1.807) is 0 Å². The highest BCUT2D eigenvalue weighted by Gasteiger charge is 2.03. The van der Waals surface area contributed by atoms with Gasteiger partial charge in [-0.15, -0.1) is 0 Å². The van der Waals surface area contributed by atoms with Crippen LogP contribution in [0.1, 0.15) is 5.56 Å². The monoisotopic (exact) mass is 237 g/mol. The summed E-state index contributed by atoms with van der Waals surface area (Å²) in [6.45, 7) is -0.0501. The molecule has 1 rings (SSSR count). The first-order valence-corrected chi connectivity index (χ1v) is 5.28. The first-order valence-electron chi connectivity index (χ1n) is 5.28. The number of rotatable bonds is 7. The summed E-state index contributed by atoms with van der Waals surface area (Å²) in [5, 5.41) is 10.5. The van der Waals surface area contributed by atoms with Gasteiger partial charge in [-0.2, -0.15) is 0 Å². The molecule has 0 atom stereocenters. The van der Waals surface area contributed by atoms with E-state index in [2.05, 4.69) is 5.32 Å². The summed E-state index contributed by atoms with van der Waals surface area (Å²) in [6, 6.07) is 9.77. The zero-order valence-corrected chi connectivity index (χ0v) is 9.39. The molecule has 1 amide bonds. The van der Waals surface area contributed by atoms with Gasteiger partial charge in [0.2, 0.25) is 5.91 Å². The Labute approximate surface area is 99.4 Å². The second-order valence-electron chi connectivity index (χ2n) is 3.46. The molecule has 2 N–H and O–H groups in total. The van der Waals surface area contributed by atoms with Crippen LogP contribution in [0.25, 0.3) is 0 Å². The van der Waals surface area contributed by atoms with Crippen molar-refractivity contribution >= 4 is 11.9 Å². The topological polar surface area (TPSA) is 75.6 Å². The molecule has 0 aliphatic carbocycles. The molecule has 0 fully saturated rings. The van der Waals surface area contributed by atoms with Gasteiger partial charge in [-0.25, -0.2) is 0 Å². The quantitative estimate of drug-likeness (QED) is 0.675. The third-order valence-corrected chi connectivity index (χ3v) is 2.05. The molecule has 17 heavy (non-hydrogen) atoms. The predicted molar refractivity (Wildman–Crippen MR) is 61.6 cm³/mol. The Morgan fingerprint density at radius 3 is 2.59 bits per heavy atom. The third kappa shape index (κ3) is 6.32. The van der Waals surface area contributed by atoms with Crippen LogP contribution in [0.5, 0.6) is 0 Å². The Hall–Kier alpha value is -1.88. The van der Waals surface area contributed by atoms with E-state index in [1.807, 2.05) is 30.3 Å². The maximum atomic E-state index is 11.1. The summed E-state index contributed by atoms with van der Waals surface area (Å²) in [6.07, 6.45) is 0.729. The van der Waals surface area contributed by atoms with Gasteiger partial charge in [0.25, 0.3) is 0 Å². The fourth-order valence-electron chi connectivity index (χ4n) is 1.22. The summed E-state index contributed by atoms with van der Waals surface area (Å²) in [5.74, 6) is -1.48. The van der Waals surface area contributed by atoms with E-state index in [1.165, 1.54) is 0 Å². The first-order chi connectivity index (χ1) is 8.18. The number of aliphatic carboxylic acids is 1. The Morgan fingerprint density at radius 1 is 1.24 bits per heavy atom. The molecule has 0 aliphatic heterocycles. The van der Waals surface area contributed by atoms with Crippen LogP contribution in [-0.2, 0) is 20.7 Å². The van der Waals surface area contributed by atoms with E-state index in [4.69, 9.17) is 9.84 Å². The van der Waals surface area contributed by atoms with Gasteiger partial charge in [-0.05, 0) is 12.0 Å². The minimum atomic E-state index is -1.07. The predicted octanol–water partition coefficient (Wildman–Crippen LogP) is 0.446. The highest BCUT2D eigenvalue weighted by atomic mass is 16.5. The molecule has 0 heterocycles. The van der Waals surface area contributed by atoms with Crippen molar-refractivity contribution in [2.75, 3.05) is 19.8 Å². The Kier molecular flexibility index (Phi) is 5.74. The smallest absolute Gasteiger partial charge is 0.322 e. The summed E-state index contributed by atoms with van der Waals surface area (Å²) in [7, 11) is 0. The normalized spacial score (nSPS) is 9.88. The van der Waals surface area contributed by atoms with E-state index >= 15 is 0 Å². The van der Waals surface area contributed by atoms with Crippen LogP contribution in [0.4, 0.5) is 0 Å². The second-order valence-corrected chi connectivity index (χ2v) is 3.46. The summed E-state index contributed by atoms with van der Waals surface area (Å²) < 4.78 is 5.13. The van der Waals surface area contributed by atoms with Gasteiger partial charge in [-0.1, -0.05) is 30.3 Å². The fourth-order valence-corrected chi connectivity index (χ4v) is 1.22. The molecule has 1 aromatic rings. The Balaban J connectivity index is 2.08. The van der Waals surface area contributed by atoms with E-state index < -0.39 is 11.9 Å². The van der Waals surface area contributed by atoms with Crippen molar-refractivity contribution in [3.63, 3.8) is 0 Å². The van der Waals surface area contributed by atoms with Gasteiger partial charge in [0, 0.05) is 0 Å². The van der Waals surface area contributed by atoms with Crippen LogP contribution in [0.3, 0.4) is 0 Å². The van der Waals surface area contributed by atoms with Gasteiger partial charge in [0.1, 0.15) is 13.2 Å². The van der Waals surface area contributed by atoms with Gasteiger partial charge in [-0.3, -0.25) is 9.59 Å². The van der Waals surface area contributed by atoms with Crippen molar-refractivity contribution in [1.29, 1.82) is 0 Å². The molecule has 5 nitrogen and oxygen atoms in total. The number of ether oxygens (including phenoxy) is 1. The number of nitrogens with one attached hydrogen (secondary N) is 1. The zero-order chi connectivity index (χ0) is 12.5. The Morgan fingerprint density at radius 2 is 1.94 bits per heavy atom. The molecule has 0 spiro atoms. The van der Waals surface area contributed by atoms with Crippen molar-refractivity contribution in [3.05, 3.63) is 35.9 Å². The second kappa shape index (κ2) is 7.40. The van der Waals surface area contributed by atoms with Crippen molar-refractivity contribution in [3.8, 4) is 0 Å². The maximum Gasteiger partial charge on any atom is 0.322 e.